The van der Waals surface area contributed by atoms with Crippen molar-refractivity contribution in [3.8, 4) is 0 Å². The maximum atomic E-state index is 13.3. The molecule has 0 saturated carbocycles. The Hall–Kier alpha value is -2.11. The van der Waals surface area contributed by atoms with Crippen LogP contribution in [0.25, 0.3) is 0 Å². The van der Waals surface area contributed by atoms with Gasteiger partial charge in [-0.05, 0) is 29.8 Å². The number of rotatable bonds is 3. The predicted molar refractivity (Wildman–Crippen MR) is 60.0 cm³/mol. The highest BCUT2D eigenvalue weighted by Gasteiger charge is 2.13. The number of benzene rings is 2. The van der Waals surface area contributed by atoms with Gasteiger partial charge in [-0.2, -0.15) is 0 Å². The average molecular weight is 273 g/mol. The van der Waals surface area contributed by atoms with Crippen molar-refractivity contribution >= 4 is 5.69 Å². The van der Waals surface area contributed by atoms with Crippen LogP contribution in [0.5, 0.6) is 0 Å². The summed E-state index contributed by atoms with van der Waals surface area (Å²) in [7, 11) is 0. The lowest BCUT2D eigenvalue weighted by Crippen LogP contribution is -2.04. The van der Waals surface area contributed by atoms with Gasteiger partial charge in [-0.25, -0.2) is 22.0 Å². The normalized spacial score (nSPS) is 10.6. The lowest BCUT2D eigenvalue weighted by atomic mass is 10.2. The fraction of sp³-hybridized carbons (Fsp3) is 0.0769. The molecule has 0 fully saturated rings. The minimum Gasteiger partial charge on any atom is -0.379 e. The van der Waals surface area contributed by atoms with Crippen LogP contribution in [0, 0.1) is 29.1 Å². The lowest BCUT2D eigenvalue weighted by Gasteiger charge is -2.08. The SMILES string of the molecule is Fc1cc(F)cc(CNc2ccc(F)c(F)c2F)c1. The minimum absolute atomic E-state index is 0.128. The molecule has 0 spiro atoms. The number of hydrogen-bond donors (Lipinski definition) is 1. The molecular weight excluding hydrogens is 265 g/mol. The zero-order chi connectivity index (χ0) is 14.0. The van der Waals surface area contributed by atoms with Gasteiger partial charge in [-0.15, -0.1) is 0 Å². The molecule has 0 aliphatic heterocycles. The summed E-state index contributed by atoms with van der Waals surface area (Å²) in [6.45, 7) is -0.128. The van der Waals surface area contributed by atoms with Crippen molar-refractivity contribution in [3.63, 3.8) is 0 Å². The van der Waals surface area contributed by atoms with Crippen LogP contribution in [-0.4, -0.2) is 0 Å². The van der Waals surface area contributed by atoms with Gasteiger partial charge >= 0.3 is 0 Å². The van der Waals surface area contributed by atoms with Crippen LogP contribution in [0.4, 0.5) is 27.6 Å². The molecule has 0 unspecified atom stereocenters. The predicted octanol–water partition coefficient (Wildman–Crippen LogP) is 3.99. The first-order valence-electron chi connectivity index (χ1n) is 5.29. The molecule has 100 valence electrons. The number of halogens is 5. The highest BCUT2D eigenvalue weighted by molar-refractivity contribution is 5.45. The molecular formula is C13H8F5N. The Kier molecular flexibility index (Phi) is 3.69. The number of nitrogens with one attached hydrogen (secondary N) is 1. The fourth-order valence-corrected chi connectivity index (χ4v) is 1.57. The summed E-state index contributed by atoms with van der Waals surface area (Å²) in [5, 5.41) is 2.44. The summed E-state index contributed by atoms with van der Waals surface area (Å²) in [5.74, 6) is -5.84. The molecule has 0 bridgehead atoms. The quantitative estimate of drug-likeness (QED) is 0.658. The Morgan fingerprint density at radius 1 is 0.789 bits per heavy atom. The Morgan fingerprint density at radius 2 is 1.42 bits per heavy atom. The van der Waals surface area contributed by atoms with Crippen molar-refractivity contribution in [1.82, 2.24) is 0 Å². The van der Waals surface area contributed by atoms with Crippen LogP contribution in [0.3, 0.4) is 0 Å². The summed E-state index contributed by atoms with van der Waals surface area (Å²) >= 11 is 0. The van der Waals surface area contributed by atoms with Gasteiger partial charge in [0.15, 0.2) is 17.5 Å². The first kappa shape index (κ1) is 13.3. The van der Waals surface area contributed by atoms with Crippen LogP contribution in [0.1, 0.15) is 5.56 Å². The second-order valence-electron chi connectivity index (χ2n) is 3.85. The number of anilines is 1. The third-order valence-corrected chi connectivity index (χ3v) is 2.44. The van der Waals surface area contributed by atoms with Gasteiger partial charge in [-0.3, -0.25) is 0 Å². The molecule has 0 radical (unpaired) electrons. The van der Waals surface area contributed by atoms with E-state index in [4.69, 9.17) is 0 Å². The average Bonchev–Trinajstić information content (AvgIpc) is 2.34. The van der Waals surface area contributed by atoms with Crippen molar-refractivity contribution in [2.75, 3.05) is 5.32 Å². The van der Waals surface area contributed by atoms with Crippen LogP contribution in [0.2, 0.25) is 0 Å². The van der Waals surface area contributed by atoms with E-state index < -0.39 is 29.1 Å². The van der Waals surface area contributed by atoms with Crippen LogP contribution in [0.15, 0.2) is 30.3 Å². The summed E-state index contributed by atoms with van der Waals surface area (Å²) in [6.07, 6.45) is 0. The zero-order valence-corrected chi connectivity index (χ0v) is 9.48. The zero-order valence-electron chi connectivity index (χ0n) is 9.48. The van der Waals surface area contributed by atoms with Crippen LogP contribution >= 0.6 is 0 Å². The van der Waals surface area contributed by atoms with Crippen LogP contribution < -0.4 is 5.32 Å². The van der Waals surface area contributed by atoms with Crippen molar-refractivity contribution in [2.24, 2.45) is 0 Å². The maximum Gasteiger partial charge on any atom is 0.196 e. The van der Waals surface area contributed by atoms with Crippen molar-refractivity contribution < 1.29 is 22.0 Å². The molecule has 0 aromatic heterocycles. The Balaban J connectivity index is 2.17. The lowest BCUT2D eigenvalue weighted by molar-refractivity contribution is 0.449. The molecule has 19 heavy (non-hydrogen) atoms. The van der Waals surface area contributed by atoms with Gasteiger partial charge in [0.1, 0.15) is 11.6 Å². The van der Waals surface area contributed by atoms with E-state index in [-0.39, 0.29) is 17.8 Å². The van der Waals surface area contributed by atoms with E-state index >= 15 is 0 Å². The van der Waals surface area contributed by atoms with Gasteiger partial charge in [0.05, 0.1) is 5.69 Å². The number of hydrogen-bond acceptors (Lipinski definition) is 1. The first-order chi connectivity index (χ1) is 8.97. The van der Waals surface area contributed by atoms with E-state index in [1.165, 1.54) is 0 Å². The van der Waals surface area contributed by atoms with Gasteiger partial charge in [0.25, 0.3) is 0 Å². The standard InChI is InChI=1S/C13H8F5N/c14-8-3-7(4-9(15)5-8)6-19-11-2-1-10(16)12(17)13(11)18/h1-5,19H,6H2. The molecule has 2 rings (SSSR count). The molecule has 0 amide bonds. The topological polar surface area (TPSA) is 12.0 Å². The van der Waals surface area contributed by atoms with Gasteiger partial charge < -0.3 is 5.32 Å². The summed E-state index contributed by atoms with van der Waals surface area (Å²) in [5.41, 5.74) is -0.0785. The molecule has 0 atom stereocenters. The Morgan fingerprint density at radius 3 is 2.05 bits per heavy atom. The Bertz CT molecular complexity index is 592. The van der Waals surface area contributed by atoms with Crippen molar-refractivity contribution in [2.45, 2.75) is 6.54 Å². The molecule has 1 N–H and O–H groups in total. The van der Waals surface area contributed by atoms with Crippen molar-refractivity contribution in [3.05, 3.63) is 65.0 Å². The second-order valence-corrected chi connectivity index (χ2v) is 3.85. The third kappa shape index (κ3) is 3.01. The fourth-order valence-electron chi connectivity index (χ4n) is 1.57. The first-order valence-corrected chi connectivity index (χ1v) is 5.29. The molecule has 0 saturated heterocycles. The molecule has 2 aromatic rings. The maximum absolute atomic E-state index is 13.3. The summed E-state index contributed by atoms with van der Waals surface area (Å²) in [4.78, 5) is 0. The van der Waals surface area contributed by atoms with Gasteiger partial charge in [0, 0.05) is 12.6 Å². The summed E-state index contributed by atoms with van der Waals surface area (Å²) < 4.78 is 64.7. The monoisotopic (exact) mass is 273 g/mol. The summed E-state index contributed by atoms with van der Waals surface area (Å²) in [6, 6.07) is 4.56. The molecule has 6 heteroatoms. The molecule has 0 heterocycles. The van der Waals surface area contributed by atoms with E-state index in [1.54, 1.807) is 0 Å². The molecule has 1 nitrogen and oxygen atoms in total. The van der Waals surface area contributed by atoms with E-state index in [0.717, 1.165) is 24.3 Å². The minimum atomic E-state index is -1.60. The van der Waals surface area contributed by atoms with Crippen molar-refractivity contribution in [1.29, 1.82) is 0 Å². The molecule has 2 aromatic carbocycles. The third-order valence-electron chi connectivity index (χ3n) is 2.44. The largest absolute Gasteiger partial charge is 0.379 e. The second kappa shape index (κ2) is 5.26. The highest BCUT2D eigenvalue weighted by atomic mass is 19.2. The molecule has 0 aliphatic carbocycles. The van der Waals surface area contributed by atoms with E-state index in [0.29, 0.717) is 6.07 Å². The Labute approximate surface area is 105 Å². The molecule has 0 aliphatic rings. The van der Waals surface area contributed by atoms with E-state index in [1.807, 2.05) is 0 Å². The van der Waals surface area contributed by atoms with Gasteiger partial charge in [0.2, 0.25) is 0 Å². The van der Waals surface area contributed by atoms with Crippen LogP contribution in [-0.2, 0) is 6.54 Å². The van der Waals surface area contributed by atoms with E-state index in [9.17, 15) is 22.0 Å². The van der Waals surface area contributed by atoms with E-state index in [2.05, 4.69) is 5.32 Å². The van der Waals surface area contributed by atoms with Gasteiger partial charge in [-0.1, -0.05) is 0 Å². The smallest absolute Gasteiger partial charge is 0.196 e. The highest BCUT2D eigenvalue weighted by Crippen LogP contribution is 2.20.